The zero-order valence-corrected chi connectivity index (χ0v) is 16.9. The Hall–Kier alpha value is -2.09. The van der Waals surface area contributed by atoms with E-state index in [1.165, 1.54) is 0 Å². The van der Waals surface area contributed by atoms with E-state index in [4.69, 9.17) is 10.5 Å². The molecule has 3 N–H and O–H groups in total. The molecule has 0 radical (unpaired) electrons. The molecule has 2 unspecified atom stereocenters. The van der Waals surface area contributed by atoms with Crippen molar-refractivity contribution in [3.8, 4) is 11.5 Å². The van der Waals surface area contributed by atoms with Crippen molar-refractivity contribution < 1.29 is 17.9 Å². The number of nitrogens with two attached hydrogens (primary N) is 1. The van der Waals surface area contributed by atoms with Crippen LogP contribution in [0.25, 0.3) is 0 Å². The fraction of sp³-hybridized carbons (Fsp3) is 0.316. The third-order valence-electron chi connectivity index (χ3n) is 3.85. The van der Waals surface area contributed by atoms with Gasteiger partial charge in [0.1, 0.15) is 21.3 Å². The quantitative estimate of drug-likeness (QED) is 0.694. The lowest BCUT2D eigenvalue weighted by Crippen LogP contribution is -2.42. The van der Waals surface area contributed by atoms with Crippen LogP contribution in [0.4, 0.5) is 0 Å². The Kier molecular flexibility index (Phi) is 8.75. The monoisotopic (exact) mass is 412 g/mol. The van der Waals surface area contributed by atoms with Crippen LogP contribution in [0.3, 0.4) is 0 Å². The summed E-state index contributed by atoms with van der Waals surface area (Å²) < 4.78 is 28.1. The van der Waals surface area contributed by atoms with Gasteiger partial charge >= 0.3 is 0 Å². The summed E-state index contributed by atoms with van der Waals surface area (Å²) in [6.45, 7) is 1.84. The predicted octanol–water partition coefficient (Wildman–Crippen LogP) is 2.84. The van der Waals surface area contributed by atoms with Crippen molar-refractivity contribution in [2.75, 3.05) is 12.0 Å². The lowest BCUT2D eigenvalue weighted by atomic mass is 10.1. The molecule has 0 aromatic heterocycles. The van der Waals surface area contributed by atoms with Crippen LogP contribution in [0.1, 0.15) is 24.9 Å². The van der Waals surface area contributed by atoms with Gasteiger partial charge in [-0.1, -0.05) is 30.3 Å². The van der Waals surface area contributed by atoms with Crippen LogP contribution < -0.4 is 15.8 Å². The Balaban J connectivity index is 0.00000364. The zero-order chi connectivity index (χ0) is 19.2. The maximum Gasteiger partial charge on any atom is 0.237 e. The molecule has 8 heteroatoms. The van der Waals surface area contributed by atoms with Crippen molar-refractivity contribution in [3.05, 3.63) is 60.2 Å². The van der Waals surface area contributed by atoms with Gasteiger partial charge in [-0.2, -0.15) is 0 Å². The number of sulfone groups is 1. The molecule has 6 nitrogen and oxygen atoms in total. The number of hydrogen-bond acceptors (Lipinski definition) is 5. The third-order valence-corrected chi connectivity index (χ3v) is 4.83. The fourth-order valence-corrected chi connectivity index (χ4v) is 3.01. The van der Waals surface area contributed by atoms with Crippen molar-refractivity contribution in [3.63, 3.8) is 0 Å². The topological polar surface area (TPSA) is 98.5 Å². The molecule has 2 aromatic carbocycles. The second kappa shape index (κ2) is 10.3. The Morgan fingerprint density at radius 3 is 2.19 bits per heavy atom. The summed E-state index contributed by atoms with van der Waals surface area (Å²) in [6, 6.07) is 15.7. The van der Waals surface area contributed by atoms with Crippen molar-refractivity contribution >= 4 is 28.2 Å². The summed E-state index contributed by atoms with van der Waals surface area (Å²) in [5, 5.41) is 2.80. The number of benzene rings is 2. The summed E-state index contributed by atoms with van der Waals surface area (Å²) in [6.07, 6.45) is 1.22. The summed E-state index contributed by atoms with van der Waals surface area (Å²) in [7, 11) is -3.14. The number of amides is 1. The summed E-state index contributed by atoms with van der Waals surface area (Å²) in [4.78, 5) is 12.1. The second-order valence-electron chi connectivity index (χ2n) is 6.24. The Bertz CT molecular complexity index is 827. The molecule has 148 valence electrons. The molecule has 0 aliphatic heterocycles. The lowest BCUT2D eigenvalue weighted by Gasteiger charge is -2.18. The van der Waals surface area contributed by atoms with E-state index in [0.29, 0.717) is 5.75 Å². The smallest absolute Gasteiger partial charge is 0.237 e. The molecule has 2 rings (SSSR count). The largest absolute Gasteiger partial charge is 0.457 e. The Morgan fingerprint density at radius 1 is 1.07 bits per heavy atom. The summed E-state index contributed by atoms with van der Waals surface area (Å²) in [5.74, 6) is 0.967. The maximum absolute atomic E-state index is 12.1. The number of nitrogens with one attached hydrogen (secondary N) is 1. The number of ether oxygens (including phenoxy) is 1. The van der Waals surface area contributed by atoms with Crippen LogP contribution in [0.2, 0.25) is 0 Å². The molecule has 1 amide bonds. The highest BCUT2D eigenvalue weighted by Gasteiger charge is 2.18. The molecule has 0 heterocycles. The second-order valence-corrected chi connectivity index (χ2v) is 8.50. The minimum Gasteiger partial charge on any atom is -0.457 e. The van der Waals surface area contributed by atoms with E-state index in [1.54, 1.807) is 0 Å². The van der Waals surface area contributed by atoms with Gasteiger partial charge in [-0.25, -0.2) is 8.42 Å². The zero-order valence-electron chi connectivity index (χ0n) is 15.3. The number of carbonyl (C=O) groups excluding carboxylic acids is 1. The number of hydrogen-bond donors (Lipinski definition) is 2. The van der Waals surface area contributed by atoms with Crippen LogP contribution >= 0.6 is 12.4 Å². The minimum atomic E-state index is -3.14. The van der Waals surface area contributed by atoms with E-state index in [-0.39, 0.29) is 36.5 Å². The molecule has 2 aromatic rings. The van der Waals surface area contributed by atoms with Gasteiger partial charge in [-0.05, 0) is 43.2 Å². The molecular formula is C19H25ClN2O4S. The lowest BCUT2D eigenvalue weighted by molar-refractivity contribution is -0.123. The Labute approximate surface area is 166 Å². The van der Waals surface area contributed by atoms with Gasteiger partial charge in [0.05, 0.1) is 17.8 Å². The molecule has 0 aliphatic carbocycles. The van der Waals surface area contributed by atoms with Crippen molar-refractivity contribution in [1.82, 2.24) is 5.32 Å². The van der Waals surface area contributed by atoms with Gasteiger partial charge in [0.25, 0.3) is 0 Å². The summed E-state index contributed by atoms with van der Waals surface area (Å²) in [5.41, 5.74) is 6.66. The molecular weight excluding hydrogens is 388 g/mol. The van der Waals surface area contributed by atoms with E-state index in [2.05, 4.69) is 5.32 Å². The van der Waals surface area contributed by atoms with E-state index in [9.17, 15) is 13.2 Å². The average Bonchev–Trinajstić information content (AvgIpc) is 2.60. The standard InChI is InChI=1S/C19H24N2O4S.ClH/c1-14(21-19(22)18(20)12-13-26(2,23)24)15-8-10-17(11-9-15)25-16-6-4-3-5-7-16;/h3-11,14,18H,12-13,20H2,1-2H3,(H,21,22);1H. The van der Waals surface area contributed by atoms with Crippen molar-refractivity contribution in [2.24, 2.45) is 5.73 Å². The van der Waals surface area contributed by atoms with E-state index < -0.39 is 15.9 Å². The van der Waals surface area contributed by atoms with Gasteiger partial charge in [0.2, 0.25) is 5.91 Å². The third kappa shape index (κ3) is 7.99. The minimum absolute atomic E-state index is 0. The summed E-state index contributed by atoms with van der Waals surface area (Å²) >= 11 is 0. The molecule has 27 heavy (non-hydrogen) atoms. The molecule has 0 spiro atoms. The van der Waals surface area contributed by atoms with Crippen molar-refractivity contribution in [1.29, 1.82) is 0 Å². The van der Waals surface area contributed by atoms with Crippen LogP contribution in [0.5, 0.6) is 11.5 Å². The molecule has 0 fully saturated rings. The van der Waals surface area contributed by atoms with Crippen LogP contribution in [-0.2, 0) is 14.6 Å². The number of halogens is 1. The van der Waals surface area contributed by atoms with Crippen molar-refractivity contribution in [2.45, 2.75) is 25.4 Å². The number of rotatable bonds is 8. The van der Waals surface area contributed by atoms with Crippen LogP contribution in [0, 0.1) is 0 Å². The number of para-hydroxylation sites is 1. The SMILES string of the molecule is CC(NC(=O)C(N)CCS(C)(=O)=O)c1ccc(Oc2ccccc2)cc1.Cl. The normalized spacial score (nSPS) is 13.1. The highest BCUT2D eigenvalue weighted by atomic mass is 35.5. The molecule has 0 saturated carbocycles. The fourth-order valence-electron chi connectivity index (χ4n) is 2.33. The van der Waals surface area contributed by atoms with Gasteiger partial charge in [-0.3, -0.25) is 4.79 Å². The first-order valence-corrected chi connectivity index (χ1v) is 10.4. The molecule has 0 saturated heterocycles. The average molecular weight is 413 g/mol. The van der Waals surface area contributed by atoms with E-state index >= 15 is 0 Å². The van der Waals surface area contributed by atoms with E-state index in [1.807, 2.05) is 61.5 Å². The van der Waals surface area contributed by atoms with Gasteiger partial charge in [0, 0.05) is 6.26 Å². The predicted molar refractivity (Wildman–Crippen MR) is 109 cm³/mol. The highest BCUT2D eigenvalue weighted by molar-refractivity contribution is 7.90. The molecule has 0 bridgehead atoms. The first-order valence-electron chi connectivity index (χ1n) is 8.31. The van der Waals surface area contributed by atoms with Gasteiger partial charge in [0.15, 0.2) is 0 Å². The first kappa shape index (κ1) is 23.0. The number of carbonyl (C=O) groups is 1. The molecule has 2 atom stereocenters. The van der Waals surface area contributed by atoms with Gasteiger partial charge in [-0.15, -0.1) is 12.4 Å². The highest BCUT2D eigenvalue weighted by Crippen LogP contribution is 2.23. The van der Waals surface area contributed by atoms with Crippen LogP contribution in [0.15, 0.2) is 54.6 Å². The molecule has 0 aliphatic rings. The van der Waals surface area contributed by atoms with Crippen LogP contribution in [-0.4, -0.2) is 32.4 Å². The Morgan fingerprint density at radius 2 is 1.63 bits per heavy atom. The first-order chi connectivity index (χ1) is 12.2. The maximum atomic E-state index is 12.1. The van der Waals surface area contributed by atoms with Gasteiger partial charge < -0.3 is 15.8 Å². The van der Waals surface area contributed by atoms with E-state index in [0.717, 1.165) is 17.6 Å².